The van der Waals surface area contributed by atoms with Gasteiger partial charge in [-0.1, -0.05) is 54.4 Å². The van der Waals surface area contributed by atoms with Gasteiger partial charge < -0.3 is 29.3 Å². The second-order valence-electron chi connectivity index (χ2n) is 12.9. The van der Waals surface area contributed by atoms with E-state index in [1.165, 1.54) is 90.6 Å². The van der Waals surface area contributed by atoms with Crippen LogP contribution in [0, 0.1) is 5.92 Å². The van der Waals surface area contributed by atoms with Crippen molar-refractivity contribution in [2.45, 2.75) is 77.5 Å². The fourth-order valence-corrected chi connectivity index (χ4v) is 7.08. The molecule has 2 aliphatic rings. The molecule has 7 nitrogen and oxygen atoms in total. The third-order valence-electron chi connectivity index (χ3n) is 9.59. The quantitative estimate of drug-likeness (QED) is 0.123. The summed E-state index contributed by atoms with van der Waals surface area (Å²) in [5, 5.41) is 0.702. The number of hydrogen-bond donors (Lipinski definition) is 0. The summed E-state index contributed by atoms with van der Waals surface area (Å²) in [6.45, 7) is 9.55. The van der Waals surface area contributed by atoms with Crippen LogP contribution in [0.5, 0.6) is 11.5 Å². The van der Waals surface area contributed by atoms with Gasteiger partial charge in [0.2, 0.25) is 0 Å². The molecule has 4 aromatic rings. The summed E-state index contributed by atoms with van der Waals surface area (Å²) in [6, 6.07) is 24.1. The van der Waals surface area contributed by atoms with E-state index in [0.717, 1.165) is 52.8 Å². The number of likely N-dealkylation sites (tertiary alicyclic amines) is 2. The molecule has 0 atom stereocenters. The molecule has 8 heteroatoms. The average Bonchev–Trinajstić information content (AvgIpc) is 3.45. The molecular weight excluding hydrogens is 596 g/mol. The minimum absolute atomic E-state index is 0. The zero-order valence-electron chi connectivity index (χ0n) is 27.2. The Labute approximate surface area is 279 Å². The molecule has 46 heavy (non-hydrogen) atoms. The lowest BCUT2D eigenvalue weighted by atomic mass is 9.92. The van der Waals surface area contributed by atoms with Gasteiger partial charge in [-0.25, -0.2) is 4.98 Å². The maximum absolute atomic E-state index is 6.29. The molecule has 2 saturated heterocycles. The van der Waals surface area contributed by atoms with Gasteiger partial charge in [-0.05, 0) is 139 Å². The molecule has 2 aliphatic heterocycles. The largest absolute Gasteiger partial charge is 0.487 e. The van der Waals surface area contributed by atoms with Crippen molar-refractivity contribution in [3.05, 3.63) is 89.2 Å². The fraction of sp³-hybridized carbons (Fsp3) is 0.500. The Kier molecular flexibility index (Phi) is 13.2. The highest BCUT2D eigenvalue weighted by molar-refractivity contribution is 6.30. The van der Waals surface area contributed by atoms with Gasteiger partial charge in [0.25, 0.3) is 0 Å². The summed E-state index contributed by atoms with van der Waals surface area (Å²) >= 11 is 6.09. The highest BCUT2D eigenvalue weighted by Crippen LogP contribution is 2.29. The SMILES string of the molecule is Clc1ccc(OCc2nc3c(OCc4ccccc4)cccc3n2CCCC2CCN(CCCCN3CCCCC3)CC2)cc1.O. The van der Waals surface area contributed by atoms with E-state index in [4.69, 9.17) is 26.1 Å². The van der Waals surface area contributed by atoms with Crippen LogP contribution in [-0.4, -0.2) is 64.1 Å². The Morgan fingerprint density at radius 1 is 0.696 bits per heavy atom. The number of hydrogen-bond acceptors (Lipinski definition) is 5. The maximum Gasteiger partial charge on any atom is 0.148 e. The molecule has 0 unspecified atom stereocenters. The number of piperidine rings is 2. The molecule has 6 rings (SSSR count). The van der Waals surface area contributed by atoms with Crippen molar-refractivity contribution in [2.75, 3.05) is 39.3 Å². The van der Waals surface area contributed by atoms with Gasteiger partial charge in [-0.3, -0.25) is 0 Å². The molecule has 248 valence electrons. The van der Waals surface area contributed by atoms with Crippen LogP contribution in [0.2, 0.25) is 5.02 Å². The van der Waals surface area contributed by atoms with Crippen molar-refractivity contribution in [2.24, 2.45) is 5.92 Å². The van der Waals surface area contributed by atoms with E-state index in [9.17, 15) is 0 Å². The van der Waals surface area contributed by atoms with Crippen LogP contribution in [0.1, 0.15) is 69.2 Å². The van der Waals surface area contributed by atoms with Gasteiger partial charge in [0.05, 0.1) is 5.52 Å². The number of para-hydroxylation sites is 1. The third-order valence-corrected chi connectivity index (χ3v) is 9.84. The molecule has 3 aromatic carbocycles. The van der Waals surface area contributed by atoms with E-state index in [2.05, 4.69) is 38.6 Å². The maximum atomic E-state index is 6.29. The number of rotatable bonds is 15. The summed E-state index contributed by atoms with van der Waals surface area (Å²) in [6.07, 6.45) is 11.9. The van der Waals surface area contributed by atoms with Crippen LogP contribution >= 0.6 is 11.6 Å². The van der Waals surface area contributed by atoms with Gasteiger partial charge in [0.1, 0.15) is 36.1 Å². The molecule has 0 amide bonds. The van der Waals surface area contributed by atoms with Crippen LogP contribution in [0.3, 0.4) is 0 Å². The van der Waals surface area contributed by atoms with Crippen LogP contribution in [-0.2, 0) is 19.8 Å². The second-order valence-corrected chi connectivity index (χ2v) is 13.3. The van der Waals surface area contributed by atoms with Gasteiger partial charge in [0, 0.05) is 11.6 Å². The number of aryl methyl sites for hydroxylation is 1. The van der Waals surface area contributed by atoms with Crippen LogP contribution in [0.4, 0.5) is 0 Å². The summed E-state index contributed by atoms with van der Waals surface area (Å²) in [7, 11) is 0. The number of benzene rings is 3. The normalized spacial score (nSPS) is 16.4. The van der Waals surface area contributed by atoms with Crippen molar-refractivity contribution in [3.63, 3.8) is 0 Å². The Morgan fingerprint density at radius 2 is 1.41 bits per heavy atom. The minimum atomic E-state index is 0. The molecule has 3 heterocycles. The highest BCUT2D eigenvalue weighted by Gasteiger charge is 2.20. The zero-order valence-corrected chi connectivity index (χ0v) is 28.0. The van der Waals surface area contributed by atoms with E-state index in [1.54, 1.807) is 0 Å². The van der Waals surface area contributed by atoms with E-state index < -0.39 is 0 Å². The molecule has 0 aliphatic carbocycles. The van der Waals surface area contributed by atoms with E-state index in [1.807, 2.05) is 48.5 Å². The zero-order chi connectivity index (χ0) is 30.7. The van der Waals surface area contributed by atoms with Gasteiger partial charge in [-0.2, -0.15) is 0 Å². The Bertz CT molecular complexity index is 1450. The molecular formula is C38H51ClN4O3. The number of unbranched alkanes of at least 4 members (excludes halogenated alkanes) is 1. The lowest BCUT2D eigenvalue weighted by molar-refractivity contribution is 0.168. The standard InChI is InChI=1S/C38H49ClN4O2.H2O/c39-33-16-18-34(19-17-33)44-30-37-40-38-35(14-9-15-36(38)45-29-32-11-3-1-4-12-32)43(37)26-10-13-31-20-27-42(28-21-31)25-8-7-24-41-22-5-2-6-23-41;/h1,3-4,9,11-12,14-19,31H,2,5-8,10,13,20-30H2;1H2. The predicted octanol–water partition coefficient (Wildman–Crippen LogP) is 7.78. The third kappa shape index (κ3) is 9.71. The first-order chi connectivity index (χ1) is 22.2. The topological polar surface area (TPSA) is 74.3 Å². The monoisotopic (exact) mass is 646 g/mol. The van der Waals surface area contributed by atoms with Crippen LogP contribution in [0.25, 0.3) is 11.0 Å². The summed E-state index contributed by atoms with van der Waals surface area (Å²) in [5.74, 6) is 3.33. The second kappa shape index (κ2) is 17.7. The number of nitrogens with zero attached hydrogens (tertiary/aromatic N) is 4. The average molecular weight is 647 g/mol. The number of aromatic nitrogens is 2. The molecule has 0 saturated carbocycles. The summed E-state index contributed by atoms with van der Waals surface area (Å²) in [4.78, 5) is 10.5. The van der Waals surface area contributed by atoms with E-state index in [-0.39, 0.29) is 5.48 Å². The first kappa shape index (κ1) is 34.2. The van der Waals surface area contributed by atoms with Crippen molar-refractivity contribution < 1.29 is 14.9 Å². The van der Waals surface area contributed by atoms with Gasteiger partial charge >= 0.3 is 0 Å². The van der Waals surface area contributed by atoms with Crippen LogP contribution in [0.15, 0.2) is 72.8 Å². The predicted molar refractivity (Wildman–Crippen MR) is 188 cm³/mol. The Hall–Kier alpha value is -3.10. The lowest BCUT2D eigenvalue weighted by Crippen LogP contribution is -2.35. The molecule has 2 fully saturated rings. The number of imidazole rings is 1. The minimum Gasteiger partial charge on any atom is -0.487 e. The fourth-order valence-electron chi connectivity index (χ4n) is 6.95. The van der Waals surface area contributed by atoms with Crippen molar-refractivity contribution in [1.29, 1.82) is 0 Å². The highest BCUT2D eigenvalue weighted by atomic mass is 35.5. The smallest absolute Gasteiger partial charge is 0.148 e. The number of fused-ring (bicyclic) bond motifs is 1. The first-order valence-corrected chi connectivity index (χ1v) is 17.6. The van der Waals surface area contributed by atoms with Crippen molar-refractivity contribution in [3.8, 4) is 11.5 Å². The summed E-state index contributed by atoms with van der Waals surface area (Å²) < 4.78 is 14.8. The Balaban J connectivity index is 0.00000417. The number of ether oxygens (including phenoxy) is 2. The Morgan fingerprint density at radius 3 is 2.15 bits per heavy atom. The number of halogens is 1. The molecule has 2 N–H and O–H groups in total. The lowest BCUT2D eigenvalue weighted by Gasteiger charge is -2.32. The van der Waals surface area contributed by atoms with E-state index in [0.29, 0.717) is 18.2 Å². The summed E-state index contributed by atoms with van der Waals surface area (Å²) in [5.41, 5.74) is 3.15. The molecule has 0 bridgehead atoms. The first-order valence-electron chi connectivity index (χ1n) is 17.2. The van der Waals surface area contributed by atoms with Crippen molar-refractivity contribution >= 4 is 22.6 Å². The van der Waals surface area contributed by atoms with Crippen molar-refractivity contribution in [1.82, 2.24) is 19.4 Å². The molecule has 1 aromatic heterocycles. The van der Waals surface area contributed by atoms with E-state index >= 15 is 0 Å². The molecule has 0 radical (unpaired) electrons. The van der Waals surface area contributed by atoms with Crippen LogP contribution < -0.4 is 9.47 Å². The van der Waals surface area contributed by atoms with Gasteiger partial charge in [-0.15, -0.1) is 0 Å². The molecule has 0 spiro atoms. The van der Waals surface area contributed by atoms with Gasteiger partial charge in [0.15, 0.2) is 0 Å².